The van der Waals surface area contributed by atoms with Gasteiger partial charge in [0.05, 0.1) is 11.2 Å². The van der Waals surface area contributed by atoms with Gasteiger partial charge in [0.2, 0.25) is 0 Å². The van der Waals surface area contributed by atoms with E-state index >= 15 is 0 Å². The van der Waals surface area contributed by atoms with Crippen LogP contribution in [-0.4, -0.2) is 9.97 Å². The number of rotatable bonds is 2. The van der Waals surface area contributed by atoms with Gasteiger partial charge < -0.3 is 10.7 Å². The van der Waals surface area contributed by atoms with Gasteiger partial charge in [-0.15, -0.1) is 0 Å². The smallest absolute Gasteiger partial charge is 0.129 e. The maximum atomic E-state index is 13.6. The molecule has 0 fully saturated rings. The van der Waals surface area contributed by atoms with Crippen LogP contribution >= 0.6 is 0 Å². The minimum atomic E-state index is -0.588. The van der Waals surface area contributed by atoms with E-state index in [0.29, 0.717) is 22.6 Å². The van der Waals surface area contributed by atoms with Crippen molar-refractivity contribution in [3.8, 4) is 0 Å². The number of hydrogen-bond acceptors (Lipinski definition) is 2. The van der Waals surface area contributed by atoms with Gasteiger partial charge in [-0.05, 0) is 23.8 Å². The fraction of sp³-hybridized carbons (Fsp3) is 0.0714. The summed E-state index contributed by atoms with van der Waals surface area (Å²) in [6.07, 6.45) is 0.264. The highest BCUT2D eigenvalue weighted by molar-refractivity contribution is 5.86. The number of benzene rings is 2. The van der Waals surface area contributed by atoms with Crippen molar-refractivity contribution in [2.24, 2.45) is 0 Å². The van der Waals surface area contributed by atoms with E-state index in [-0.39, 0.29) is 6.42 Å². The van der Waals surface area contributed by atoms with Gasteiger partial charge in [-0.25, -0.2) is 13.8 Å². The molecule has 0 aliphatic heterocycles. The van der Waals surface area contributed by atoms with Crippen molar-refractivity contribution in [2.75, 3.05) is 5.73 Å². The van der Waals surface area contributed by atoms with Crippen LogP contribution in [0.5, 0.6) is 0 Å². The minimum Gasteiger partial charge on any atom is -0.397 e. The lowest BCUT2D eigenvalue weighted by molar-refractivity contribution is 0.574. The number of nitrogens with zero attached hydrogens (tertiary/aromatic N) is 1. The fourth-order valence-electron chi connectivity index (χ4n) is 2.03. The van der Waals surface area contributed by atoms with Crippen LogP contribution in [0.2, 0.25) is 0 Å². The van der Waals surface area contributed by atoms with E-state index < -0.39 is 11.6 Å². The summed E-state index contributed by atoms with van der Waals surface area (Å²) < 4.78 is 26.4. The third-order valence-electron chi connectivity index (χ3n) is 2.97. The molecule has 3 nitrogen and oxygen atoms in total. The molecule has 0 radical (unpaired) electrons. The van der Waals surface area contributed by atoms with Crippen molar-refractivity contribution in [1.82, 2.24) is 9.97 Å². The summed E-state index contributed by atoms with van der Waals surface area (Å²) in [6, 6.07) is 8.94. The van der Waals surface area contributed by atoms with Crippen molar-refractivity contribution in [1.29, 1.82) is 0 Å². The summed E-state index contributed by atoms with van der Waals surface area (Å²) in [7, 11) is 0. The lowest BCUT2D eigenvalue weighted by atomic mass is 10.1. The molecule has 1 heterocycles. The van der Waals surface area contributed by atoms with Crippen LogP contribution in [-0.2, 0) is 6.42 Å². The first-order valence-corrected chi connectivity index (χ1v) is 5.80. The minimum absolute atomic E-state index is 0.264. The van der Waals surface area contributed by atoms with Crippen molar-refractivity contribution in [2.45, 2.75) is 6.42 Å². The molecule has 96 valence electrons. The molecular formula is C14H11F2N3. The third-order valence-corrected chi connectivity index (χ3v) is 2.97. The molecule has 0 aliphatic rings. The molecule has 3 N–H and O–H groups in total. The van der Waals surface area contributed by atoms with Crippen LogP contribution in [0.4, 0.5) is 14.5 Å². The van der Waals surface area contributed by atoms with Crippen LogP contribution in [0.15, 0.2) is 36.4 Å². The summed E-state index contributed by atoms with van der Waals surface area (Å²) in [5.74, 6) is -0.568. The first-order chi connectivity index (χ1) is 9.13. The lowest BCUT2D eigenvalue weighted by Crippen LogP contribution is -1.95. The standard InChI is InChI=1S/C14H11F2N3/c15-9-5-4-8(10(16)7-9)6-13-18-12-3-1-2-11(17)14(12)19-13/h1-5,7H,6,17H2,(H,18,19). The zero-order valence-electron chi connectivity index (χ0n) is 9.95. The SMILES string of the molecule is Nc1cccc2[nH]c(Cc3ccc(F)cc3F)nc12. The number of para-hydroxylation sites is 1. The Hall–Kier alpha value is -2.43. The molecule has 5 heteroatoms. The van der Waals surface area contributed by atoms with E-state index in [0.717, 1.165) is 11.6 Å². The molecule has 0 atom stereocenters. The van der Waals surface area contributed by atoms with E-state index in [1.54, 1.807) is 6.07 Å². The molecule has 19 heavy (non-hydrogen) atoms. The maximum absolute atomic E-state index is 13.6. The zero-order chi connectivity index (χ0) is 13.4. The number of nitrogens with two attached hydrogens (primary N) is 1. The van der Waals surface area contributed by atoms with Gasteiger partial charge in [0.25, 0.3) is 0 Å². The van der Waals surface area contributed by atoms with E-state index in [4.69, 9.17) is 5.73 Å². The number of H-pyrrole nitrogens is 1. The largest absolute Gasteiger partial charge is 0.397 e. The van der Waals surface area contributed by atoms with E-state index in [2.05, 4.69) is 9.97 Å². The molecule has 0 bridgehead atoms. The molecule has 0 aliphatic carbocycles. The summed E-state index contributed by atoms with van der Waals surface area (Å²) >= 11 is 0. The summed E-state index contributed by atoms with van der Waals surface area (Å²) in [5, 5.41) is 0. The number of imidazole rings is 1. The van der Waals surface area contributed by atoms with Crippen molar-refractivity contribution in [3.05, 3.63) is 59.4 Å². The lowest BCUT2D eigenvalue weighted by Gasteiger charge is -2.00. The van der Waals surface area contributed by atoms with Crippen molar-refractivity contribution < 1.29 is 8.78 Å². The van der Waals surface area contributed by atoms with Gasteiger partial charge in [-0.2, -0.15) is 0 Å². The summed E-state index contributed by atoms with van der Waals surface area (Å²) in [4.78, 5) is 7.41. The normalized spacial score (nSPS) is 11.1. The Bertz CT molecular complexity index is 750. The van der Waals surface area contributed by atoms with E-state index in [9.17, 15) is 8.78 Å². The first kappa shape index (κ1) is 11.6. The van der Waals surface area contributed by atoms with Crippen LogP contribution in [0.3, 0.4) is 0 Å². The van der Waals surface area contributed by atoms with Crippen LogP contribution in [0.1, 0.15) is 11.4 Å². The molecule has 1 aromatic heterocycles. The fourth-order valence-corrected chi connectivity index (χ4v) is 2.03. The first-order valence-electron chi connectivity index (χ1n) is 5.80. The Morgan fingerprint density at radius 3 is 2.74 bits per heavy atom. The zero-order valence-corrected chi connectivity index (χ0v) is 9.95. The third kappa shape index (κ3) is 2.14. The van der Waals surface area contributed by atoms with Gasteiger partial charge >= 0.3 is 0 Å². The molecule has 3 aromatic rings. The van der Waals surface area contributed by atoms with Gasteiger partial charge in [0, 0.05) is 12.5 Å². The average Bonchev–Trinajstić information content (AvgIpc) is 2.77. The number of halogens is 2. The van der Waals surface area contributed by atoms with Crippen LogP contribution in [0.25, 0.3) is 11.0 Å². The molecule has 0 saturated carbocycles. The van der Waals surface area contributed by atoms with Crippen molar-refractivity contribution >= 4 is 16.7 Å². The van der Waals surface area contributed by atoms with Crippen molar-refractivity contribution in [3.63, 3.8) is 0 Å². The van der Waals surface area contributed by atoms with Crippen LogP contribution < -0.4 is 5.73 Å². The number of anilines is 1. The molecule has 0 amide bonds. The quantitative estimate of drug-likeness (QED) is 0.695. The Morgan fingerprint density at radius 2 is 2.00 bits per heavy atom. The molecular weight excluding hydrogens is 248 g/mol. The Kier molecular flexibility index (Phi) is 2.67. The Labute approximate surface area is 108 Å². The van der Waals surface area contributed by atoms with Gasteiger partial charge in [-0.1, -0.05) is 12.1 Å². The van der Waals surface area contributed by atoms with E-state index in [1.165, 1.54) is 12.1 Å². The topological polar surface area (TPSA) is 54.7 Å². The number of nitrogen functional groups attached to an aromatic ring is 1. The number of aromatic amines is 1. The molecule has 0 saturated heterocycles. The Balaban J connectivity index is 1.99. The molecule has 2 aromatic carbocycles. The maximum Gasteiger partial charge on any atom is 0.129 e. The number of hydrogen-bond donors (Lipinski definition) is 2. The number of nitrogens with one attached hydrogen (secondary N) is 1. The second kappa shape index (κ2) is 4.35. The highest BCUT2D eigenvalue weighted by Gasteiger charge is 2.09. The highest BCUT2D eigenvalue weighted by Crippen LogP contribution is 2.20. The van der Waals surface area contributed by atoms with Gasteiger partial charge in [0.1, 0.15) is 23.0 Å². The summed E-state index contributed by atoms with van der Waals surface area (Å²) in [5.41, 5.74) is 8.23. The van der Waals surface area contributed by atoms with Crippen LogP contribution in [0, 0.1) is 11.6 Å². The molecule has 0 unspecified atom stereocenters. The summed E-state index contributed by atoms with van der Waals surface area (Å²) in [6.45, 7) is 0. The van der Waals surface area contributed by atoms with Gasteiger partial charge in [0.15, 0.2) is 0 Å². The second-order valence-corrected chi connectivity index (χ2v) is 4.34. The molecule has 3 rings (SSSR count). The van der Waals surface area contributed by atoms with E-state index in [1.807, 2.05) is 12.1 Å². The highest BCUT2D eigenvalue weighted by atomic mass is 19.1. The predicted octanol–water partition coefficient (Wildman–Crippen LogP) is 3.01. The molecule has 0 spiro atoms. The average molecular weight is 259 g/mol. The number of aromatic nitrogens is 2. The number of fused-ring (bicyclic) bond motifs is 1. The Morgan fingerprint density at radius 1 is 1.16 bits per heavy atom. The monoisotopic (exact) mass is 259 g/mol. The second-order valence-electron chi connectivity index (χ2n) is 4.34. The predicted molar refractivity (Wildman–Crippen MR) is 69.7 cm³/mol. The van der Waals surface area contributed by atoms with Gasteiger partial charge in [-0.3, -0.25) is 0 Å².